The van der Waals surface area contributed by atoms with E-state index < -0.39 is 5.97 Å². The van der Waals surface area contributed by atoms with Crippen molar-refractivity contribution in [2.45, 2.75) is 39.0 Å². The number of nitrogens with zero attached hydrogens (tertiary/aromatic N) is 1. The molecule has 0 aliphatic carbocycles. The summed E-state index contributed by atoms with van der Waals surface area (Å²) in [5, 5.41) is 9.48. The van der Waals surface area contributed by atoms with Crippen LogP contribution in [0, 0.1) is 13.8 Å². The zero-order chi connectivity index (χ0) is 13.8. The maximum Gasteiger partial charge on any atom is 0.311 e. The number of rotatable bonds is 5. The molecular formula is C16H23NO2. The van der Waals surface area contributed by atoms with Gasteiger partial charge in [0.25, 0.3) is 0 Å². The molecule has 0 aromatic heterocycles. The molecule has 104 valence electrons. The molecule has 2 rings (SSSR count). The number of carboxylic acids is 1. The second kappa shape index (κ2) is 6.20. The van der Waals surface area contributed by atoms with E-state index in [1.165, 1.54) is 18.4 Å². The van der Waals surface area contributed by atoms with E-state index >= 15 is 0 Å². The third-order valence-electron chi connectivity index (χ3n) is 4.03. The van der Waals surface area contributed by atoms with Crippen LogP contribution in [0.15, 0.2) is 18.2 Å². The normalized spacial score (nSPS) is 17.6. The summed E-state index contributed by atoms with van der Waals surface area (Å²) in [6, 6.07) is 6.06. The molecule has 0 spiro atoms. The molecule has 1 saturated heterocycles. The molecule has 0 amide bonds. The van der Waals surface area contributed by atoms with Crippen molar-refractivity contribution in [3.05, 3.63) is 34.9 Å². The van der Waals surface area contributed by atoms with E-state index in [1.54, 1.807) is 0 Å². The fourth-order valence-electron chi connectivity index (χ4n) is 2.95. The zero-order valence-corrected chi connectivity index (χ0v) is 11.9. The average molecular weight is 261 g/mol. The summed E-state index contributed by atoms with van der Waals surface area (Å²) in [5.41, 5.74) is 3.25. The molecule has 1 unspecified atom stereocenters. The lowest BCUT2D eigenvalue weighted by Gasteiger charge is -2.20. The lowest BCUT2D eigenvalue weighted by atomic mass is 9.91. The first-order chi connectivity index (χ1) is 9.08. The lowest BCUT2D eigenvalue weighted by Crippen LogP contribution is -2.24. The Morgan fingerprint density at radius 2 is 2.00 bits per heavy atom. The van der Waals surface area contributed by atoms with E-state index in [-0.39, 0.29) is 5.92 Å². The van der Waals surface area contributed by atoms with Crippen molar-refractivity contribution < 1.29 is 9.90 Å². The average Bonchev–Trinajstić information content (AvgIpc) is 2.84. The van der Waals surface area contributed by atoms with Crippen LogP contribution in [0.2, 0.25) is 0 Å². The fraction of sp³-hybridized carbons (Fsp3) is 0.562. The van der Waals surface area contributed by atoms with Gasteiger partial charge in [-0.25, -0.2) is 0 Å². The van der Waals surface area contributed by atoms with Crippen molar-refractivity contribution >= 4 is 5.97 Å². The Morgan fingerprint density at radius 3 is 2.58 bits per heavy atom. The Kier molecular flexibility index (Phi) is 4.59. The van der Waals surface area contributed by atoms with Crippen LogP contribution < -0.4 is 0 Å². The molecule has 1 heterocycles. The van der Waals surface area contributed by atoms with Gasteiger partial charge in [-0.1, -0.05) is 23.8 Å². The van der Waals surface area contributed by atoms with Crippen LogP contribution in [0.25, 0.3) is 0 Å². The number of aliphatic carboxylic acids is 1. The number of carbonyl (C=O) groups is 1. The molecule has 0 saturated carbocycles. The lowest BCUT2D eigenvalue weighted by molar-refractivity contribution is -0.139. The van der Waals surface area contributed by atoms with Gasteiger partial charge in [0.1, 0.15) is 0 Å². The van der Waals surface area contributed by atoms with Gasteiger partial charge >= 0.3 is 5.97 Å². The minimum Gasteiger partial charge on any atom is -0.481 e. The molecule has 3 heteroatoms. The molecule has 19 heavy (non-hydrogen) atoms. The quantitative estimate of drug-likeness (QED) is 0.886. The van der Waals surface area contributed by atoms with Gasteiger partial charge in [-0.2, -0.15) is 0 Å². The predicted molar refractivity (Wildman–Crippen MR) is 76.6 cm³/mol. The van der Waals surface area contributed by atoms with E-state index in [1.807, 2.05) is 26.0 Å². The number of hydrogen-bond acceptors (Lipinski definition) is 2. The van der Waals surface area contributed by atoms with Crippen molar-refractivity contribution in [2.24, 2.45) is 0 Å². The van der Waals surface area contributed by atoms with Gasteiger partial charge < -0.3 is 10.0 Å². The number of carboxylic acid groups (broad SMARTS) is 1. The number of benzene rings is 1. The molecule has 0 bridgehead atoms. The molecule has 3 nitrogen and oxygen atoms in total. The molecule has 1 aromatic rings. The molecule has 1 N–H and O–H groups in total. The Balaban J connectivity index is 2.08. The van der Waals surface area contributed by atoms with E-state index in [0.717, 1.165) is 30.8 Å². The fourth-order valence-corrected chi connectivity index (χ4v) is 2.95. The van der Waals surface area contributed by atoms with Gasteiger partial charge in [-0.05, 0) is 63.9 Å². The standard InChI is InChI=1S/C16H23NO2/c1-12-5-6-14(13(2)11-12)15(16(18)19)7-10-17-8-3-4-9-17/h5-6,11,15H,3-4,7-10H2,1-2H3,(H,18,19). The van der Waals surface area contributed by atoms with Gasteiger partial charge in [0, 0.05) is 0 Å². The zero-order valence-electron chi connectivity index (χ0n) is 11.9. The molecule has 1 aromatic carbocycles. The highest BCUT2D eigenvalue weighted by Crippen LogP contribution is 2.25. The topological polar surface area (TPSA) is 40.5 Å². The minimum atomic E-state index is -0.703. The Bertz CT molecular complexity index is 450. The van der Waals surface area contributed by atoms with Crippen molar-refractivity contribution in [3.63, 3.8) is 0 Å². The Hall–Kier alpha value is -1.35. The van der Waals surface area contributed by atoms with Crippen LogP contribution >= 0.6 is 0 Å². The summed E-state index contributed by atoms with van der Waals surface area (Å²) in [4.78, 5) is 13.9. The summed E-state index contributed by atoms with van der Waals surface area (Å²) in [6.07, 6.45) is 3.21. The second-order valence-electron chi connectivity index (χ2n) is 5.59. The smallest absolute Gasteiger partial charge is 0.311 e. The number of hydrogen-bond donors (Lipinski definition) is 1. The van der Waals surface area contributed by atoms with Gasteiger partial charge in [0.15, 0.2) is 0 Å². The van der Waals surface area contributed by atoms with Gasteiger partial charge in [0.2, 0.25) is 0 Å². The highest BCUT2D eigenvalue weighted by Gasteiger charge is 2.23. The highest BCUT2D eigenvalue weighted by molar-refractivity contribution is 5.76. The summed E-state index contributed by atoms with van der Waals surface area (Å²) >= 11 is 0. The molecule has 0 radical (unpaired) electrons. The minimum absolute atomic E-state index is 0.374. The summed E-state index contributed by atoms with van der Waals surface area (Å²) in [5.74, 6) is -1.08. The molecule has 1 atom stereocenters. The maximum atomic E-state index is 11.5. The van der Waals surface area contributed by atoms with E-state index in [2.05, 4.69) is 11.0 Å². The van der Waals surface area contributed by atoms with Crippen LogP contribution in [-0.4, -0.2) is 35.6 Å². The van der Waals surface area contributed by atoms with Crippen LogP contribution in [0.1, 0.15) is 41.9 Å². The summed E-state index contributed by atoms with van der Waals surface area (Å²) < 4.78 is 0. The van der Waals surface area contributed by atoms with E-state index in [9.17, 15) is 9.90 Å². The van der Waals surface area contributed by atoms with Crippen molar-refractivity contribution in [3.8, 4) is 0 Å². The largest absolute Gasteiger partial charge is 0.481 e. The maximum absolute atomic E-state index is 11.5. The van der Waals surface area contributed by atoms with Crippen molar-refractivity contribution in [2.75, 3.05) is 19.6 Å². The van der Waals surface area contributed by atoms with Crippen LogP contribution in [0.5, 0.6) is 0 Å². The van der Waals surface area contributed by atoms with Crippen LogP contribution in [0.4, 0.5) is 0 Å². The number of likely N-dealkylation sites (tertiary alicyclic amines) is 1. The predicted octanol–water partition coefficient (Wildman–Crippen LogP) is 2.96. The van der Waals surface area contributed by atoms with Gasteiger partial charge in [0.05, 0.1) is 5.92 Å². The van der Waals surface area contributed by atoms with Gasteiger partial charge in [-0.3, -0.25) is 4.79 Å². The van der Waals surface area contributed by atoms with E-state index in [0.29, 0.717) is 6.42 Å². The first-order valence-corrected chi connectivity index (χ1v) is 7.10. The van der Waals surface area contributed by atoms with Gasteiger partial charge in [-0.15, -0.1) is 0 Å². The third kappa shape index (κ3) is 3.57. The highest BCUT2D eigenvalue weighted by atomic mass is 16.4. The van der Waals surface area contributed by atoms with E-state index in [4.69, 9.17) is 0 Å². The molecular weight excluding hydrogens is 238 g/mol. The molecule has 1 fully saturated rings. The Labute approximate surface area is 115 Å². The summed E-state index contributed by atoms with van der Waals surface area (Å²) in [6.45, 7) is 7.19. The Morgan fingerprint density at radius 1 is 1.32 bits per heavy atom. The monoisotopic (exact) mass is 261 g/mol. The van der Waals surface area contributed by atoms with Crippen molar-refractivity contribution in [1.29, 1.82) is 0 Å². The first-order valence-electron chi connectivity index (χ1n) is 7.10. The number of aryl methyl sites for hydroxylation is 2. The first kappa shape index (κ1) is 14.1. The molecule has 1 aliphatic heterocycles. The van der Waals surface area contributed by atoms with Crippen LogP contribution in [0.3, 0.4) is 0 Å². The molecule has 1 aliphatic rings. The summed E-state index contributed by atoms with van der Waals surface area (Å²) in [7, 11) is 0. The third-order valence-corrected chi connectivity index (χ3v) is 4.03. The second-order valence-corrected chi connectivity index (χ2v) is 5.59. The van der Waals surface area contributed by atoms with Crippen LogP contribution in [-0.2, 0) is 4.79 Å². The SMILES string of the molecule is Cc1ccc(C(CCN2CCCC2)C(=O)O)c(C)c1. The van der Waals surface area contributed by atoms with Crippen molar-refractivity contribution in [1.82, 2.24) is 4.90 Å².